The van der Waals surface area contributed by atoms with Crippen LogP contribution in [0.5, 0.6) is 0 Å². The highest BCUT2D eigenvalue weighted by Gasteiger charge is 2.25. The monoisotopic (exact) mass is 280 g/mol. The van der Waals surface area contributed by atoms with Crippen LogP contribution in [0.1, 0.15) is 22.6 Å². The molecule has 0 radical (unpaired) electrons. The Morgan fingerprint density at radius 2 is 1.95 bits per heavy atom. The van der Waals surface area contributed by atoms with Crippen molar-refractivity contribution in [2.24, 2.45) is 0 Å². The maximum atomic E-state index is 4.36. The summed E-state index contributed by atoms with van der Waals surface area (Å²) < 4.78 is 5.65. The lowest BCUT2D eigenvalue weighted by atomic mass is 9.84. The Balaban J connectivity index is 1.92. The van der Waals surface area contributed by atoms with Gasteiger partial charge in [0.25, 0.3) is 0 Å². The Morgan fingerprint density at radius 3 is 2.90 bits per heavy atom. The van der Waals surface area contributed by atoms with Gasteiger partial charge in [-0.2, -0.15) is 4.37 Å². The molecule has 0 fully saturated rings. The van der Waals surface area contributed by atoms with Crippen molar-refractivity contribution in [2.45, 2.75) is 12.5 Å². The summed E-state index contributed by atoms with van der Waals surface area (Å²) in [5.41, 5.74) is 4.34. The Kier molecular flexibility index (Phi) is 2.83. The molecule has 0 amide bonds. The third kappa shape index (κ3) is 1.86. The van der Waals surface area contributed by atoms with Gasteiger partial charge < -0.3 is 4.90 Å². The second-order valence-electron chi connectivity index (χ2n) is 5.53. The van der Waals surface area contributed by atoms with Gasteiger partial charge in [-0.05, 0) is 41.3 Å². The molecule has 0 spiro atoms. The van der Waals surface area contributed by atoms with E-state index in [4.69, 9.17) is 0 Å². The van der Waals surface area contributed by atoms with Crippen LogP contribution in [0.25, 0.3) is 10.1 Å². The van der Waals surface area contributed by atoms with Gasteiger partial charge in [-0.25, -0.2) is 0 Å². The molecule has 0 aliphatic carbocycles. The van der Waals surface area contributed by atoms with Crippen LogP contribution in [0.3, 0.4) is 0 Å². The van der Waals surface area contributed by atoms with Crippen LogP contribution in [-0.2, 0) is 6.54 Å². The molecule has 3 heteroatoms. The Bertz CT molecular complexity index is 762. The average Bonchev–Trinajstić information content (AvgIpc) is 2.94. The summed E-state index contributed by atoms with van der Waals surface area (Å²) in [7, 11) is 2.20. The number of rotatable bonds is 1. The van der Waals surface area contributed by atoms with Crippen molar-refractivity contribution in [1.29, 1.82) is 0 Å². The van der Waals surface area contributed by atoms with Crippen LogP contribution < -0.4 is 0 Å². The van der Waals surface area contributed by atoms with E-state index in [-0.39, 0.29) is 0 Å². The van der Waals surface area contributed by atoms with Gasteiger partial charge in [-0.1, -0.05) is 36.4 Å². The fourth-order valence-electron chi connectivity index (χ4n) is 3.27. The molecule has 2 heterocycles. The van der Waals surface area contributed by atoms with Gasteiger partial charge in [0, 0.05) is 30.6 Å². The average molecular weight is 280 g/mol. The summed E-state index contributed by atoms with van der Waals surface area (Å²) in [5, 5.41) is 1.31. The van der Waals surface area contributed by atoms with Crippen molar-refractivity contribution in [3.8, 4) is 0 Å². The van der Waals surface area contributed by atoms with Crippen LogP contribution >= 0.6 is 11.5 Å². The first-order chi connectivity index (χ1) is 9.83. The Hall–Kier alpha value is -1.71. The molecule has 1 unspecified atom stereocenters. The predicted molar refractivity (Wildman–Crippen MR) is 84.2 cm³/mol. The molecule has 0 saturated carbocycles. The summed E-state index contributed by atoms with van der Waals surface area (Å²) >= 11 is 1.58. The number of fused-ring (bicyclic) bond motifs is 2. The van der Waals surface area contributed by atoms with E-state index in [0.717, 1.165) is 13.1 Å². The number of hydrogen-bond donors (Lipinski definition) is 0. The van der Waals surface area contributed by atoms with E-state index in [1.54, 1.807) is 11.5 Å². The minimum atomic E-state index is 0.449. The predicted octanol–water partition coefficient (Wildman–Crippen LogP) is 3.87. The van der Waals surface area contributed by atoms with E-state index in [0.29, 0.717) is 5.92 Å². The van der Waals surface area contributed by atoms with Crippen molar-refractivity contribution in [3.63, 3.8) is 0 Å². The number of likely N-dealkylation sites (N-methyl/N-ethyl adjacent to an activating group) is 1. The number of nitrogens with zero attached hydrogens (tertiary/aromatic N) is 2. The molecule has 0 N–H and O–H groups in total. The zero-order chi connectivity index (χ0) is 13.5. The van der Waals surface area contributed by atoms with Gasteiger partial charge in [0.05, 0.1) is 4.70 Å². The van der Waals surface area contributed by atoms with Crippen LogP contribution in [0.4, 0.5) is 0 Å². The standard InChI is InChI=1S/C17H16N2S/c1-19-10-12-5-2-3-6-13(12)16(11-19)14-7-4-8-17-15(14)9-18-20-17/h2-9,16H,10-11H2,1H3. The van der Waals surface area contributed by atoms with Crippen molar-refractivity contribution >= 4 is 21.6 Å². The van der Waals surface area contributed by atoms with Crippen molar-refractivity contribution in [1.82, 2.24) is 9.27 Å². The molecule has 100 valence electrons. The van der Waals surface area contributed by atoms with Gasteiger partial charge in [-0.3, -0.25) is 0 Å². The zero-order valence-electron chi connectivity index (χ0n) is 11.4. The summed E-state index contributed by atoms with van der Waals surface area (Å²) in [4.78, 5) is 2.41. The van der Waals surface area contributed by atoms with Crippen LogP contribution in [0.15, 0.2) is 48.7 Å². The molecule has 1 aliphatic heterocycles. The summed E-state index contributed by atoms with van der Waals surface area (Å²) in [6.07, 6.45) is 2.02. The largest absolute Gasteiger partial charge is 0.301 e. The maximum Gasteiger partial charge on any atom is 0.0553 e. The summed E-state index contributed by atoms with van der Waals surface area (Å²) in [5.74, 6) is 0.449. The molecule has 0 bridgehead atoms. The highest BCUT2D eigenvalue weighted by atomic mass is 32.1. The highest BCUT2D eigenvalue weighted by molar-refractivity contribution is 7.13. The van der Waals surface area contributed by atoms with Gasteiger partial charge in [-0.15, -0.1) is 0 Å². The molecule has 20 heavy (non-hydrogen) atoms. The normalized spacial score (nSPS) is 19.1. The number of aromatic nitrogens is 1. The molecule has 4 rings (SSSR count). The molecular formula is C17H16N2S. The molecule has 3 aromatic rings. The van der Waals surface area contributed by atoms with Crippen molar-refractivity contribution < 1.29 is 0 Å². The lowest BCUT2D eigenvalue weighted by Crippen LogP contribution is -2.30. The molecule has 2 aromatic carbocycles. The van der Waals surface area contributed by atoms with Crippen molar-refractivity contribution in [3.05, 3.63) is 65.4 Å². The SMILES string of the molecule is CN1Cc2ccccc2C(c2cccc3sncc23)C1. The van der Waals surface area contributed by atoms with E-state index in [9.17, 15) is 0 Å². The second-order valence-corrected chi connectivity index (χ2v) is 6.37. The lowest BCUT2D eigenvalue weighted by molar-refractivity contribution is 0.296. The van der Waals surface area contributed by atoms with Gasteiger partial charge in [0.1, 0.15) is 0 Å². The smallest absolute Gasteiger partial charge is 0.0553 e. The number of hydrogen-bond acceptors (Lipinski definition) is 3. The molecule has 1 aliphatic rings. The first-order valence-electron chi connectivity index (χ1n) is 6.92. The zero-order valence-corrected chi connectivity index (χ0v) is 12.2. The van der Waals surface area contributed by atoms with E-state index in [2.05, 4.69) is 58.8 Å². The van der Waals surface area contributed by atoms with E-state index in [1.807, 2.05) is 6.20 Å². The Labute approximate surface area is 122 Å². The molecule has 0 saturated heterocycles. The maximum absolute atomic E-state index is 4.36. The minimum Gasteiger partial charge on any atom is -0.301 e. The molecule has 2 nitrogen and oxygen atoms in total. The quantitative estimate of drug-likeness (QED) is 0.672. The van der Waals surface area contributed by atoms with E-state index >= 15 is 0 Å². The van der Waals surface area contributed by atoms with Gasteiger partial charge in [0.2, 0.25) is 0 Å². The van der Waals surface area contributed by atoms with Crippen LogP contribution in [-0.4, -0.2) is 22.9 Å². The molecule has 1 atom stereocenters. The van der Waals surface area contributed by atoms with Crippen LogP contribution in [0.2, 0.25) is 0 Å². The van der Waals surface area contributed by atoms with Gasteiger partial charge in [0.15, 0.2) is 0 Å². The topological polar surface area (TPSA) is 16.1 Å². The first-order valence-corrected chi connectivity index (χ1v) is 7.70. The first kappa shape index (κ1) is 12.1. The Morgan fingerprint density at radius 1 is 1.10 bits per heavy atom. The van der Waals surface area contributed by atoms with Crippen LogP contribution in [0, 0.1) is 0 Å². The lowest BCUT2D eigenvalue weighted by Gasteiger charge is -2.32. The van der Waals surface area contributed by atoms with Crippen molar-refractivity contribution in [2.75, 3.05) is 13.6 Å². The fourth-order valence-corrected chi connectivity index (χ4v) is 3.95. The summed E-state index contributed by atoms with van der Waals surface area (Å²) in [6.45, 7) is 2.12. The molecular weight excluding hydrogens is 264 g/mol. The minimum absolute atomic E-state index is 0.449. The van der Waals surface area contributed by atoms with E-state index < -0.39 is 0 Å². The second kappa shape index (κ2) is 4.69. The van der Waals surface area contributed by atoms with E-state index in [1.165, 1.54) is 26.8 Å². The third-order valence-corrected chi connectivity index (χ3v) is 4.94. The third-order valence-electron chi connectivity index (χ3n) is 4.17. The summed E-state index contributed by atoms with van der Waals surface area (Å²) in [6, 6.07) is 15.4. The fraction of sp³-hybridized carbons (Fsp3) is 0.235. The molecule has 1 aromatic heterocycles. The van der Waals surface area contributed by atoms with Gasteiger partial charge >= 0.3 is 0 Å². The number of benzene rings is 2. The highest BCUT2D eigenvalue weighted by Crippen LogP contribution is 2.36.